The fraction of sp³-hybridized carbons (Fsp3) is 0.333. The van der Waals surface area contributed by atoms with E-state index in [1.807, 2.05) is 0 Å². The Hall–Kier alpha value is -0.620. The van der Waals surface area contributed by atoms with E-state index < -0.39 is 6.17 Å². The molecule has 1 aliphatic rings. The second-order valence-electron chi connectivity index (χ2n) is 1.51. The van der Waals surface area contributed by atoms with Crippen LogP contribution in [0.15, 0.2) is 10.1 Å². The van der Waals surface area contributed by atoms with Gasteiger partial charge in [-0.25, -0.2) is 10.4 Å². The molecular weight excluding hydrogens is 186 g/mol. The maximum Gasteiger partial charge on any atom is 0.211 e. The van der Waals surface area contributed by atoms with Crippen LogP contribution in [0.25, 0.3) is 0 Å². The molecule has 0 bridgehead atoms. The molecule has 1 unspecified atom stereocenters. The zero-order chi connectivity index (χ0) is 6.85. The van der Waals surface area contributed by atoms with E-state index in [0.29, 0.717) is 4.62 Å². The normalized spacial score (nSPS) is 26.2. The van der Waals surface area contributed by atoms with Crippen molar-refractivity contribution in [1.82, 2.24) is 5.43 Å². The van der Waals surface area contributed by atoms with Crippen molar-refractivity contribution in [3.05, 3.63) is 0 Å². The Kier molecular flexibility index (Phi) is 1.68. The summed E-state index contributed by atoms with van der Waals surface area (Å²) in [5.74, 6) is 0.241. The minimum absolute atomic E-state index is 0.241. The van der Waals surface area contributed by atoms with E-state index in [9.17, 15) is 0 Å². The Balaban J connectivity index is 2.70. The summed E-state index contributed by atoms with van der Waals surface area (Å²) < 4.78 is 0.553. The third kappa shape index (κ3) is 1.39. The lowest BCUT2D eigenvalue weighted by molar-refractivity contribution is 0.847. The molecule has 0 aliphatic carbocycles. The van der Waals surface area contributed by atoms with E-state index >= 15 is 0 Å². The highest BCUT2D eigenvalue weighted by Crippen LogP contribution is 1.98. The van der Waals surface area contributed by atoms with Crippen LogP contribution in [0.5, 0.6) is 0 Å². The molecule has 5 nitrogen and oxygen atoms in total. The Morgan fingerprint density at radius 2 is 2.33 bits per heavy atom. The van der Waals surface area contributed by atoms with Gasteiger partial charge in [-0.1, -0.05) is 0 Å². The summed E-state index contributed by atoms with van der Waals surface area (Å²) >= 11 is 3.08. The van der Waals surface area contributed by atoms with Crippen LogP contribution in [0, 0.1) is 0 Å². The lowest BCUT2D eigenvalue weighted by atomic mass is 10.6. The molecule has 0 aromatic heterocycles. The van der Waals surface area contributed by atoms with Crippen molar-refractivity contribution >= 4 is 26.5 Å². The van der Waals surface area contributed by atoms with Crippen LogP contribution in [0.2, 0.25) is 0 Å². The highest BCUT2D eigenvalue weighted by molar-refractivity contribution is 9.18. The molecule has 9 heavy (non-hydrogen) atoms. The third-order valence-corrected chi connectivity index (χ3v) is 1.45. The topological polar surface area (TPSA) is 88.8 Å². The van der Waals surface area contributed by atoms with Gasteiger partial charge in [0, 0.05) is 0 Å². The lowest BCUT2D eigenvalue weighted by Crippen LogP contribution is -2.39. The number of nitrogens with one attached hydrogen (secondary N) is 1. The van der Waals surface area contributed by atoms with Crippen LogP contribution in [-0.2, 0) is 0 Å². The minimum Gasteiger partial charge on any atom is -0.368 e. The maximum absolute atomic E-state index is 5.38. The first kappa shape index (κ1) is 6.50. The van der Waals surface area contributed by atoms with Crippen LogP contribution in [0.1, 0.15) is 0 Å². The molecule has 5 N–H and O–H groups in total. The number of halogens is 1. The van der Waals surface area contributed by atoms with Crippen molar-refractivity contribution in [2.75, 3.05) is 0 Å². The van der Waals surface area contributed by atoms with Gasteiger partial charge in [0.2, 0.25) is 5.96 Å². The number of hydrogen-bond donors (Lipinski definition) is 3. The van der Waals surface area contributed by atoms with E-state index in [1.54, 1.807) is 0 Å². The molecule has 1 rings (SSSR count). The van der Waals surface area contributed by atoms with Gasteiger partial charge in [-0.2, -0.15) is 5.10 Å². The van der Waals surface area contributed by atoms with Gasteiger partial charge in [0.25, 0.3) is 0 Å². The van der Waals surface area contributed by atoms with Gasteiger partial charge < -0.3 is 11.5 Å². The van der Waals surface area contributed by atoms with E-state index in [2.05, 4.69) is 31.4 Å². The Morgan fingerprint density at radius 1 is 1.67 bits per heavy atom. The van der Waals surface area contributed by atoms with Crippen LogP contribution in [-0.4, -0.2) is 16.7 Å². The molecule has 0 spiro atoms. The molecule has 0 aromatic rings. The highest BCUT2D eigenvalue weighted by Gasteiger charge is 2.10. The summed E-state index contributed by atoms with van der Waals surface area (Å²) in [6, 6.07) is 0. The molecule has 0 aromatic carbocycles. The Bertz CT molecular complexity index is 173. The zero-order valence-electron chi connectivity index (χ0n) is 4.50. The molecule has 1 atom stereocenters. The second-order valence-corrected chi connectivity index (χ2v) is 2.32. The van der Waals surface area contributed by atoms with Crippen molar-refractivity contribution in [2.45, 2.75) is 6.17 Å². The van der Waals surface area contributed by atoms with Crippen LogP contribution in [0.4, 0.5) is 0 Å². The first-order chi connectivity index (χ1) is 4.20. The third-order valence-electron chi connectivity index (χ3n) is 0.799. The van der Waals surface area contributed by atoms with Gasteiger partial charge in [-0.05, 0) is 15.9 Å². The minimum atomic E-state index is -0.453. The van der Waals surface area contributed by atoms with Crippen molar-refractivity contribution < 1.29 is 0 Å². The van der Waals surface area contributed by atoms with Gasteiger partial charge >= 0.3 is 0 Å². The monoisotopic (exact) mass is 191 g/mol. The molecule has 0 saturated carbocycles. The second kappa shape index (κ2) is 2.32. The molecule has 1 aliphatic heterocycles. The summed E-state index contributed by atoms with van der Waals surface area (Å²) in [6.45, 7) is 0. The largest absolute Gasteiger partial charge is 0.368 e. The smallest absolute Gasteiger partial charge is 0.211 e. The maximum atomic E-state index is 5.38. The van der Waals surface area contributed by atoms with E-state index in [0.717, 1.165) is 0 Å². The van der Waals surface area contributed by atoms with Gasteiger partial charge in [0.05, 0.1) is 0 Å². The molecule has 0 fully saturated rings. The van der Waals surface area contributed by atoms with E-state index in [1.165, 1.54) is 0 Å². The molecule has 0 saturated heterocycles. The van der Waals surface area contributed by atoms with Crippen molar-refractivity contribution in [3.8, 4) is 0 Å². The van der Waals surface area contributed by atoms with E-state index in [-0.39, 0.29) is 5.96 Å². The first-order valence-electron chi connectivity index (χ1n) is 2.28. The first-order valence-corrected chi connectivity index (χ1v) is 3.07. The Labute approximate surface area is 60.3 Å². The number of nitrogens with zero attached hydrogens (tertiary/aromatic N) is 2. The summed E-state index contributed by atoms with van der Waals surface area (Å²) in [4.78, 5) is 3.75. The number of hydrazone groups is 1. The van der Waals surface area contributed by atoms with Gasteiger partial charge in [-0.15, -0.1) is 0 Å². The SMILES string of the molecule is NC1=NC(N)C(Br)=NN1. The summed E-state index contributed by atoms with van der Waals surface area (Å²) in [6.07, 6.45) is -0.453. The number of nitrogens with two attached hydrogens (primary N) is 2. The quantitative estimate of drug-likeness (QED) is 0.455. The summed E-state index contributed by atoms with van der Waals surface area (Å²) in [5, 5.41) is 3.69. The number of aliphatic imine (C=N–C) groups is 1. The number of hydrogen-bond acceptors (Lipinski definition) is 5. The molecule has 0 radical (unpaired) electrons. The van der Waals surface area contributed by atoms with Gasteiger partial charge in [-0.3, -0.25) is 0 Å². The molecular formula is C3H6BrN5. The standard InChI is InChI=1S/C3H6BrN5/c4-1-2(5)7-3(6)9-8-1/h2H,5H2,(H3,6,7,9). The van der Waals surface area contributed by atoms with Crippen LogP contribution in [0.3, 0.4) is 0 Å². The predicted molar refractivity (Wildman–Crippen MR) is 39.1 cm³/mol. The van der Waals surface area contributed by atoms with Crippen LogP contribution < -0.4 is 16.9 Å². The Morgan fingerprint density at radius 3 is 2.78 bits per heavy atom. The molecule has 1 heterocycles. The van der Waals surface area contributed by atoms with Crippen molar-refractivity contribution in [3.63, 3.8) is 0 Å². The zero-order valence-corrected chi connectivity index (χ0v) is 6.09. The average molecular weight is 192 g/mol. The molecule has 0 amide bonds. The lowest BCUT2D eigenvalue weighted by Gasteiger charge is -2.11. The number of rotatable bonds is 0. The van der Waals surface area contributed by atoms with Gasteiger partial charge in [0.1, 0.15) is 4.62 Å². The van der Waals surface area contributed by atoms with Crippen molar-refractivity contribution in [2.24, 2.45) is 21.6 Å². The van der Waals surface area contributed by atoms with Crippen LogP contribution >= 0.6 is 15.9 Å². The average Bonchev–Trinajstić information content (AvgIpc) is 1.80. The van der Waals surface area contributed by atoms with Gasteiger partial charge in [0.15, 0.2) is 6.17 Å². The van der Waals surface area contributed by atoms with Crippen molar-refractivity contribution in [1.29, 1.82) is 0 Å². The fourth-order valence-electron chi connectivity index (χ4n) is 0.409. The van der Waals surface area contributed by atoms with E-state index in [4.69, 9.17) is 11.5 Å². The highest BCUT2D eigenvalue weighted by atomic mass is 79.9. The summed E-state index contributed by atoms with van der Waals surface area (Å²) in [5.41, 5.74) is 13.1. The fourth-order valence-corrected chi connectivity index (χ4v) is 0.600. The molecule has 6 heteroatoms. The predicted octanol–water partition coefficient (Wildman–Crippen LogP) is -1.10. The summed E-state index contributed by atoms with van der Waals surface area (Å²) in [7, 11) is 0. The molecule has 50 valence electrons. The number of guanidine groups is 1.